The van der Waals surface area contributed by atoms with Crippen molar-refractivity contribution in [1.29, 1.82) is 0 Å². The summed E-state index contributed by atoms with van der Waals surface area (Å²) in [6, 6.07) is 4.01. The number of nitrogens with zero attached hydrogens (tertiary/aromatic N) is 2. The Bertz CT molecular complexity index is 609. The van der Waals surface area contributed by atoms with Crippen molar-refractivity contribution >= 4 is 28.8 Å². The lowest BCUT2D eigenvalue weighted by molar-refractivity contribution is 0.424. The second-order valence-corrected chi connectivity index (χ2v) is 4.13. The van der Waals surface area contributed by atoms with Gasteiger partial charge in [-0.15, -0.1) is 0 Å². The molecule has 0 unspecified atom stereocenters. The molecule has 0 fully saturated rings. The van der Waals surface area contributed by atoms with Crippen LogP contribution < -0.4 is 10.5 Å². The zero-order chi connectivity index (χ0) is 13.1. The Morgan fingerprint density at radius 2 is 2.06 bits per heavy atom. The zero-order valence-corrected chi connectivity index (χ0v) is 10.5. The predicted molar refractivity (Wildman–Crippen MR) is 69.4 cm³/mol. The lowest BCUT2D eigenvalue weighted by Gasteiger charge is -2.08. The van der Waals surface area contributed by atoms with Crippen LogP contribution in [0.5, 0.6) is 11.6 Å². The van der Waals surface area contributed by atoms with Gasteiger partial charge in [0.05, 0.1) is 0 Å². The highest BCUT2D eigenvalue weighted by Gasteiger charge is 2.12. The number of aromatic nitrogens is 2. The molecule has 0 atom stereocenters. The summed E-state index contributed by atoms with van der Waals surface area (Å²) in [5, 5.41) is 0.272. The Kier molecular flexibility index (Phi) is 3.69. The van der Waals surface area contributed by atoms with E-state index in [0.717, 1.165) is 6.07 Å². The number of hydrogen-bond donors (Lipinski definition) is 1. The Morgan fingerprint density at radius 3 is 2.72 bits per heavy atom. The molecular weight excluding hydrogens is 277 g/mol. The van der Waals surface area contributed by atoms with Crippen molar-refractivity contribution in [3.8, 4) is 11.6 Å². The maximum Gasteiger partial charge on any atom is 0.248 e. The molecule has 1 aromatic heterocycles. The molecule has 4 nitrogen and oxygen atoms in total. The van der Waals surface area contributed by atoms with Crippen molar-refractivity contribution in [3.05, 3.63) is 47.1 Å². The Hall–Kier alpha value is -1.79. The number of nitrogens with two attached hydrogens (primary N) is 1. The molecule has 0 spiro atoms. The van der Waals surface area contributed by atoms with Crippen LogP contribution in [0.25, 0.3) is 0 Å². The summed E-state index contributed by atoms with van der Waals surface area (Å²) in [5.41, 5.74) is 5.66. The first-order valence-corrected chi connectivity index (χ1v) is 5.60. The number of hydrogen-bond acceptors (Lipinski definition) is 4. The predicted octanol–water partition coefficient (Wildman–Crippen LogP) is 2.70. The molecule has 1 aromatic carbocycles. The molecule has 0 aliphatic carbocycles. The molecule has 0 bridgehead atoms. The molecule has 0 amide bonds. The monoisotopic (exact) mass is 283 g/mol. The normalized spacial score (nSPS) is 10.1. The summed E-state index contributed by atoms with van der Waals surface area (Å²) < 4.78 is 18.8. The van der Waals surface area contributed by atoms with Crippen molar-refractivity contribution in [3.63, 3.8) is 0 Å². The third kappa shape index (κ3) is 2.72. The highest BCUT2D eigenvalue weighted by molar-refractivity contribution is 7.80. The van der Waals surface area contributed by atoms with Gasteiger partial charge in [-0.3, -0.25) is 0 Å². The van der Waals surface area contributed by atoms with Crippen LogP contribution in [0, 0.1) is 5.82 Å². The summed E-state index contributed by atoms with van der Waals surface area (Å²) in [4.78, 5) is 7.85. The molecule has 2 rings (SSSR count). The van der Waals surface area contributed by atoms with Crippen molar-refractivity contribution in [1.82, 2.24) is 9.97 Å². The molecule has 2 N–H and O–H groups in total. The van der Waals surface area contributed by atoms with Crippen molar-refractivity contribution in [2.45, 2.75) is 0 Å². The first kappa shape index (κ1) is 12.7. The highest BCUT2D eigenvalue weighted by Crippen LogP contribution is 2.26. The fraction of sp³-hybridized carbons (Fsp3) is 0. The third-order valence-corrected chi connectivity index (χ3v) is 2.43. The summed E-state index contributed by atoms with van der Waals surface area (Å²) in [6.07, 6.45) is 2.81. The largest absolute Gasteiger partial charge is 0.434 e. The van der Waals surface area contributed by atoms with Crippen LogP contribution in [0.1, 0.15) is 5.69 Å². The number of rotatable bonds is 3. The van der Waals surface area contributed by atoms with Gasteiger partial charge >= 0.3 is 0 Å². The number of thiocarbonyl (C=S) groups is 1. The van der Waals surface area contributed by atoms with Gasteiger partial charge in [-0.25, -0.2) is 14.4 Å². The van der Waals surface area contributed by atoms with Crippen molar-refractivity contribution < 1.29 is 9.13 Å². The quantitative estimate of drug-likeness (QED) is 0.878. The minimum absolute atomic E-state index is 0.0208. The molecule has 2 aromatic rings. The standard InChI is InChI=1S/C11H7ClFN3OS/c12-6-1-2-8(7(13)5-6)17-11-9(10(14)18)15-3-4-16-11/h1-5H,(H2,14,18). The van der Waals surface area contributed by atoms with E-state index < -0.39 is 5.82 Å². The Morgan fingerprint density at radius 1 is 1.33 bits per heavy atom. The first-order valence-electron chi connectivity index (χ1n) is 4.81. The maximum absolute atomic E-state index is 13.5. The summed E-state index contributed by atoms with van der Waals surface area (Å²) in [6.45, 7) is 0. The maximum atomic E-state index is 13.5. The second kappa shape index (κ2) is 5.24. The molecule has 92 valence electrons. The van der Waals surface area contributed by atoms with Crippen LogP contribution in [-0.2, 0) is 0 Å². The van der Waals surface area contributed by atoms with E-state index >= 15 is 0 Å². The van der Waals surface area contributed by atoms with Gasteiger partial charge in [0.1, 0.15) is 4.99 Å². The topological polar surface area (TPSA) is 61.0 Å². The minimum atomic E-state index is -0.609. The summed E-state index contributed by atoms with van der Waals surface area (Å²) in [5.74, 6) is -0.592. The molecule has 1 heterocycles. The van der Waals surface area contributed by atoms with Gasteiger partial charge in [-0.2, -0.15) is 0 Å². The fourth-order valence-corrected chi connectivity index (χ4v) is 1.53. The van der Waals surface area contributed by atoms with Gasteiger partial charge in [0.15, 0.2) is 17.3 Å². The smallest absolute Gasteiger partial charge is 0.248 e. The third-order valence-electron chi connectivity index (χ3n) is 2.00. The molecule has 7 heteroatoms. The summed E-state index contributed by atoms with van der Waals surface area (Å²) >= 11 is 10.4. The van der Waals surface area contributed by atoms with Crippen molar-refractivity contribution in [2.24, 2.45) is 5.73 Å². The number of ether oxygens (including phenoxy) is 1. The molecule has 0 radical (unpaired) electrons. The zero-order valence-electron chi connectivity index (χ0n) is 8.93. The van der Waals surface area contributed by atoms with E-state index in [4.69, 9.17) is 34.3 Å². The SMILES string of the molecule is NC(=S)c1nccnc1Oc1ccc(Cl)cc1F. The van der Waals surface area contributed by atoms with Crippen LogP contribution in [0.3, 0.4) is 0 Å². The minimum Gasteiger partial charge on any atom is -0.434 e. The number of halogens is 2. The van der Waals surface area contributed by atoms with E-state index in [9.17, 15) is 4.39 Å². The fourth-order valence-electron chi connectivity index (χ4n) is 1.23. The van der Waals surface area contributed by atoms with Gasteiger partial charge < -0.3 is 10.5 Å². The molecule has 0 saturated carbocycles. The van der Waals surface area contributed by atoms with Crippen LogP contribution in [0.2, 0.25) is 5.02 Å². The average Bonchev–Trinajstić information content (AvgIpc) is 2.33. The van der Waals surface area contributed by atoms with Gasteiger partial charge in [0, 0.05) is 17.4 Å². The van der Waals surface area contributed by atoms with E-state index in [-0.39, 0.29) is 27.3 Å². The van der Waals surface area contributed by atoms with E-state index in [1.54, 1.807) is 0 Å². The number of benzene rings is 1. The van der Waals surface area contributed by atoms with Crippen LogP contribution in [0.15, 0.2) is 30.6 Å². The van der Waals surface area contributed by atoms with Gasteiger partial charge in [0.2, 0.25) is 5.88 Å². The molecule has 18 heavy (non-hydrogen) atoms. The van der Waals surface area contributed by atoms with Crippen LogP contribution in [0.4, 0.5) is 4.39 Å². The van der Waals surface area contributed by atoms with Crippen LogP contribution in [-0.4, -0.2) is 15.0 Å². The lowest BCUT2D eigenvalue weighted by atomic mass is 10.3. The van der Waals surface area contributed by atoms with E-state index in [1.807, 2.05) is 0 Å². The molecule has 0 aliphatic heterocycles. The molecular formula is C11H7ClFN3OS. The van der Waals surface area contributed by atoms with E-state index in [2.05, 4.69) is 9.97 Å². The van der Waals surface area contributed by atoms with E-state index in [0.29, 0.717) is 0 Å². The average molecular weight is 284 g/mol. The summed E-state index contributed by atoms with van der Waals surface area (Å²) in [7, 11) is 0. The molecule has 0 saturated heterocycles. The van der Waals surface area contributed by atoms with Crippen LogP contribution >= 0.6 is 23.8 Å². The Labute approximate surface area is 113 Å². The first-order chi connectivity index (χ1) is 8.58. The van der Waals surface area contributed by atoms with Gasteiger partial charge in [0.25, 0.3) is 0 Å². The lowest BCUT2D eigenvalue weighted by Crippen LogP contribution is -2.13. The molecule has 0 aliphatic rings. The second-order valence-electron chi connectivity index (χ2n) is 3.25. The van der Waals surface area contributed by atoms with Gasteiger partial charge in [-0.05, 0) is 18.2 Å². The highest BCUT2D eigenvalue weighted by atomic mass is 35.5. The van der Waals surface area contributed by atoms with Crippen molar-refractivity contribution in [2.75, 3.05) is 0 Å². The van der Waals surface area contributed by atoms with Gasteiger partial charge in [-0.1, -0.05) is 23.8 Å². The Balaban J connectivity index is 2.37. The van der Waals surface area contributed by atoms with E-state index in [1.165, 1.54) is 24.5 Å².